The molecule has 0 aliphatic carbocycles. The lowest BCUT2D eigenvalue weighted by molar-refractivity contribution is -0.126. The van der Waals surface area contributed by atoms with Gasteiger partial charge in [0.25, 0.3) is 5.91 Å². The minimum atomic E-state index is -0.467. The molecule has 1 aliphatic heterocycles. The zero-order chi connectivity index (χ0) is 20.2. The monoisotopic (exact) mass is 426 g/mol. The molecular weight excluding hydrogens is 400 g/mol. The Morgan fingerprint density at radius 1 is 1.17 bits per heavy atom. The number of nitrogens with zero attached hydrogens (tertiary/aromatic N) is 2. The highest BCUT2D eigenvalue weighted by Crippen LogP contribution is 2.27. The van der Waals surface area contributed by atoms with E-state index in [2.05, 4.69) is 18.3 Å². The van der Waals surface area contributed by atoms with Crippen molar-refractivity contribution < 1.29 is 9.53 Å². The topological polar surface area (TPSA) is 82.2 Å². The third-order valence-electron chi connectivity index (χ3n) is 5.29. The summed E-state index contributed by atoms with van der Waals surface area (Å²) < 4.78 is 7.58. The molecule has 1 amide bonds. The first kappa shape index (κ1) is 22.0. The van der Waals surface area contributed by atoms with Gasteiger partial charge in [0.1, 0.15) is 11.9 Å². The van der Waals surface area contributed by atoms with Gasteiger partial charge in [-0.15, -0.1) is 12.4 Å². The minimum Gasteiger partial charge on any atom is -0.364 e. The van der Waals surface area contributed by atoms with Gasteiger partial charge < -0.3 is 15.8 Å². The van der Waals surface area contributed by atoms with Crippen LogP contribution < -0.4 is 11.1 Å². The lowest BCUT2D eigenvalue weighted by Gasteiger charge is -2.13. The van der Waals surface area contributed by atoms with Crippen LogP contribution in [0, 0.1) is 6.92 Å². The first-order chi connectivity index (χ1) is 14.1. The average Bonchev–Trinajstić information content (AvgIpc) is 3.37. The average molecular weight is 427 g/mol. The van der Waals surface area contributed by atoms with Crippen molar-refractivity contribution in [1.29, 1.82) is 0 Å². The highest BCUT2D eigenvalue weighted by atomic mass is 35.5. The van der Waals surface area contributed by atoms with Crippen molar-refractivity contribution in [1.82, 2.24) is 9.78 Å². The number of nitrogens with two attached hydrogens (primary N) is 1. The van der Waals surface area contributed by atoms with Crippen molar-refractivity contribution >= 4 is 24.1 Å². The van der Waals surface area contributed by atoms with Gasteiger partial charge in [0.05, 0.1) is 18.3 Å². The number of halogens is 1. The van der Waals surface area contributed by atoms with Crippen LogP contribution in [-0.2, 0) is 16.1 Å². The van der Waals surface area contributed by atoms with E-state index in [1.165, 1.54) is 0 Å². The molecule has 4 rings (SSSR count). The molecule has 0 saturated carbocycles. The molecule has 6 nitrogen and oxygen atoms in total. The molecule has 1 saturated heterocycles. The quantitative estimate of drug-likeness (QED) is 0.628. The lowest BCUT2D eigenvalue weighted by atomic mass is 10.1. The molecule has 158 valence electrons. The van der Waals surface area contributed by atoms with E-state index in [9.17, 15) is 4.79 Å². The second-order valence-corrected chi connectivity index (χ2v) is 7.42. The molecule has 0 unspecified atom stereocenters. The number of ether oxygens (including phenoxy) is 1. The Balaban J connectivity index is 0.00000256. The molecule has 1 aromatic heterocycles. The number of carbonyl (C=O) groups is 1. The van der Waals surface area contributed by atoms with E-state index in [0.717, 1.165) is 28.8 Å². The standard InChI is InChI=1S/C23H26N4O2.ClH/c1-16-7-5-6-10-19(16)20-13-22(25-23(28)21-12-11-18(14-24)29-21)27(26-20)15-17-8-3-2-4-9-17;/h2-10,13,18,21H,11-12,14-15,24H2,1H3,(H,25,28);1H/t18-,21+;/m1./s1. The van der Waals surface area contributed by atoms with Crippen LogP contribution in [0.25, 0.3) is 11.3 Å². The van der Waals surface area contributed by atoms with Crippen LogP contribution in [0.5, 0.6) is 0 Å². The van der Waals surface area contributed by atoms with Crippen LogP contribution in [0.2, 0.25) is 0 Å². The van der Waals surface area contributed by atoms with Gasteiger partial charge in [-0.3, -0.25) is 4.79 Å². The van der Waals surface area contributed by atoms with Crippen molar-refractivity contribution in [3.05, 3.63) is 71.8 Å². The van der Waals surface area contributed by atoms with Crippen LogP contribution in [0.1, 0.15) is 24.0 Å². The van der Waals surface area contributed by atoms with Gasteiger partial charge in [0.2, 0.25) is 0 Å². The van der Waals surface area contributed by atoms with E-state index in [0.29, 0.717) is 25.3 Å². The fourth-order valence-electron chi connectivity index (χ4n) is 3.66. The van der Waals surface area contributed by atoms with Gasteiger partial charge >= 0.3 is 0 Å². The second kappa shape index (κ2) is 9.89. The van der Waals surface area contributed by atoms with E-state index in [-0.39, 0.29) is 24.4 Å². The molecule has 2 heterocycles. The summed E-state index contributed by atoms with van der Waals surface area (Å²) in [7, 11) is 0. The number of rotatable bonds is 6. The normalized spacial score (nSPS) is 18.1. The summed E-state index contributed by atoms with van der Waals surface area (Å²) in [5.41, 5.74) is 9.81. The summed E-state index contributed by atoms with van der Waals surface area (Å²) in [6.45, 7) is 3.07. The molecule has 2 atom stereocenters. The lowest BCUT2D eigenvalue weighted by Crippen LogP contribution is -2.30. The molecule has 1 fully saturated rings. The summed E-state index contributed by atoms with van der Waals surface area (Å²) >= 11 is 0. The van der Waals surface area contributed by atoms with Crippen LogP contribution in [0.3, 0.4) is 0 Å². The molecule has 30 heavy (non-hydrogen) atoms. The molecule has 1 aliphatic rings. The number of nitrogens with one attached hydrogen (secondary N) is 1. The van der Waals surface area contributed by atoms with Gasteiger partial charge in [0.15, 0.2) is 0 Å². The van der Waals surface area contributed by atoms with Gasteiger partial charge in [-0.25, -0.2) is 4.68 Å². The fraction of sp³-hybridized carbons (Fsp3) is 0.304. The van der Waals surface area contributed by atoms with Crippen molar-refractivity contribution in [3.8, 4) is 11.3 Å². The maximum Gasteiger partial charge on any atom is 0.254 e. The zero-order valence-corrected chi connectivity index (χ0v) is 17.8. The molecule has 3 aromatic rings. The predicted octanol–water partition coefficient (Wildman–Crippen LogP) is 3.77. The van der Waals surface area contributed by atoms with E-state index >= 15 is 0 Å². The number of amides is 1. The van der Waals surface area contributed by atoms with Crippen molar-refractivity contribution in [2.45, 2.75) is 38.5 Å². The Labute approximate surface area is 182 Å². The number of benzene rings is 2. The molecule has 2 aromatic carbocycles. The minimum absolute atomic E-state index is 0. The Hall–Kier alpha value is -2.67. The number of anilines is 1. The predicted molar refractivity (Wildman–Crippen MR) is 121 cm³/mol. The SMILES string of the molecule is Cc1ccccc1-c1cc(NC(=O)[C@@H]2CC[C@H](CN)O2)n(Cc2ccccc2)n1.Cl. The first-order valence-corrected chi connectivity index (χ1v) is 9.98. The Morgan fingerprint density at radius 3 is 2.60 bits per heavy atom. The number of hydrogen-bond acceptors (Lipinski definition) is 4. The molecular formula is C23H27ClN4O2. The Morgan fingerprint density at radius 2 is 1.90 bits per heavy atom. The van der Waals surface area contributed by atoms with Crippen molar-refractivity contribution in [2.24, 2.45) is 5.73 Å². The number of aromatic nitrogens is 2. The third kappa shape index (κ3) is 4.90. The summed E-state index contributed by atoms with van der Waals surface area (Å²) in [5.74, 6) is 0.517. The maximum atomic E-state index is 12.8. The zero-order valence-electron chi connectivity index (χ0n) is 17.0. The van der Waals surface area contributed by atoms with E-state index in [4.69, 9.17) is 15.6 Å². The largest absolute Gasteiger partial charge is 0.364 e. The van der Waals surface area contributed by atoms with Crippen LogP contribution in [0.15, 0.2) is 60.7 Å². The van der Waals surface area contributed by atoms with Crippen LogP contribution in [0.4, 0.5) is 5.82 Å². The van der Waals surface area contributed by atoms with Crippen LogP contribution >= 0.6 is 12.4 Å². The molecule has 0 radical (unpaired) electrons. The van der Waals surface area contributed by atoms with Gasteiger partial charge in [-0.1, -0.05) is 54.6 Å². The fourth-order valence-corrected chi connectivity index (χ4v) is 3.66. The molecule has 7 heteroatoms. The first-order valence-electron chi connectivity index (χ1n) is 9.98. The van der Waals surface area contributed by atoms with Gasteiger partial charge in [-0.2, -0.15) is 5.10 Å². The smallest absolute Gasteiger partial charge is 0.254 e. The number of carbonyl (C=O) groups excluding carboxylic acids is 1. The maximum absolute atomic E-state index is 12.8. The second-order valence-electron chi connectivity index (χ2n) is 7.42. The van der Waals surface area contributed by atoms with Gasteiger partial charge in [0, 0.05) is 18.2 Å². The summed E-state index contributed by atoms with van der Waals surface area (Å²) in [6.07, 6.45) is 0.991. The van der Waals surface area contributed by atoms with E-state index in [1.54, 1.807) is 0 Å². The Bertz CT molecular complexity index is 990. The van der Waals surface area contributed by atoms with E-state index in [1.807, 2.05) is 59.3 Å². The molecule has 0 bridgehead atoms. The number of aryl methyl sites for hydroxylation is 1. The summed E-state index contributed by atoms with van der Waals surface area (Å²) in [4.78, 5) is 12.8. The molecule has 3 N–H and O–H groups in total. The summed E-state index contributed by atoms with van der Waals surface area (Å²) in [5, 5.41) is 7.81. The molecule has 0 spiro atoms. The van der Waals surface area contributed by atoms with Crippen molar-refractivity contribution in [3.63, 3.8) is 0 Å². The Kier molecular flexibility index (Phi) is 7.26. The highest BCUT2D eigenvalue weighted by Gasteiger charge is 2.30. The third-order valence-corrected chi connectivity index (χ3v) is 5.29. The highest BCUT2D eigenvalue weighted by molar-refractivity contribution is 5.94. The number of hydrogen-bond donors (Lipinski definition) is 2. The van der Waals surface area contributed by atoms with E-state index < -0.39 is 6.10 Å². The summed E-state index contributed by atoms with van der Waals surface area (Å²) in [6, 6.07) is 20.1. The van der Waals surface area contributed by atoms with Crippen LogP contribution in [-0.4, -0.2) is 34.4 Å². The van der Waals surface area contributed by atoms with Gasteiger partial charge in [-0.05, 0) is 30.9 Å². The van der Waals surface area contributed by atoms with Crippen molar-refractivity contribution in [2.75, 3.05) is 11.9 Å².